The molecule has 0 radical (unpaired) electrons. The van der Waals surface area contributed by atoms with Crippen molar-refractivity contribution < 1.29 is 14.3 Å². The van der Waals surface area contributed by atoms with Crippen LogP contribution in [0.25, 0.3) is 6.08 Å². The van der Waals surface area contributed by atoms with Crippen LogP contribution in [0.4, 0.5) is 0 Å². The first kappa shape index (κ1) is 14.0. The number of nitrogens with one attached hydrogen (secondary N) is 1. The minimum absolute atomic E-state index is 0.143. The van der Waals surface area contributed by atoms with Crippen LogP contribution in [0.3, 0.4) is 0 Å². The van der Waals surface area contributed by atoms with Crippen molar-refractivity contribution in [2.45, 2.75) is 0 Å². The molecule has 0 bridgehead atoms. The summed E-state index contributed by atoms with van der Waals surface area (Å²) in [6.07, 6.45) is 1.80. The monoisotopic (exact) mass is 295 g/mol. The fourth-order valence-corrected chi connectivity index (χ4v) is 2.52. The summed E-state index contributed by atoms with van der Waals surface area (Å²) in [6, 6.07) is 7.50. The quantitative estimate of drug-likeness (QED) is 0.513. The van der Waals surface area contributed by atoms with E-state index in [1.807, 2.05) is 24.3 Å². The Kier molecular flexibility index (Phi) is 4.95. The zero-order chi connectivity index (χ0) is 13.7. The van der Waals surface area contributed by atoms with Crippen molar-refractivity contribution in [2.75, 3.05) is 20.3 Å². The van der Waals surface area contributed by atoms with Gasteiger partial charge in [0.25, 0.3) is 5.91 Å². The number of benzene rings is 1. The zero-order valence-electron chi connectivity index (χ0n) is 10.3. The number of rotatable bonds is 5. The fourth-order valence-electron chi connectivity index (χ4n) is 1.48. The topological polar surface area (TPSA) is 47.6 Å². The highest BCUT2D eigenvalue weighted by Gasteiger charge is 2.21. The highest BCUT2D eigenvalue weighted by atomic mass is 32.2. The average Bonchev–Trinajstić information content (AvgIpc) is 2.70. The first-order valence-corrected chi connectivity index (χ1v) is 6.88. The molecule has 1 aliphatic rings. The zero-order valence-corrected chi connectivity index (χ0v) is 12.0. The lowest BCUT2D eigenvalue weighted by molar-refractivity contribution is -0.115. The lowest BCUT2D eigenvalue weighted by Gasteiger charge is -2.05. The van der Waals surface area contributed by atoms with Crippen LogP contribution < -0.4 is 10.1 Å². The van der Waals surface area contributed by atoms with E-state index in [9.17, 15) is 4.79 Å². The van der Waals surface area contributed by atoms with Crippen molar-refractivity contribution in [3.63, 3.8) is 0 Å². The van der Waals surface area contributed by atoms with Gasteiger partial charge in [0.1, 0.15) is 16.7 Å². The van der Waals surface area contributed by atoms with Gasteiger partial charge in [0, 0.05) is 7.11 Å². The lowest BCUT2D eigenvalue weighted by atomic mass is 10.2. The van der Waals surface area contributed by atoms with Crippen molar-refractivity contribution >= 4 is 40.3 Å². The number of thioether (sulfide) groups is 1. The molecule has 0 aromatic heterocycles. The number of methoxy groups -OCH3 is 1. The SMILES string of the molecule is COCCOc1ccc(/C=C2\SC(=S)NC2=O)cc1. The van der Waals surface area contributed by atoms with Crippen LogP contribution in [0.2, 0.25) is 0 Å². The number of hydrogen-bond donors (Lipinski definition) is 1. The van der Waals surface area contributed by atoms with Gasteiger partial charge < -0.3 is 14.8 Å². The molecule has 0 atom stereocenters. The van der Waals surface area contributed by atoms with Crippen molar-refractivity contribution in [3.05, 3.63) is 34.7 Å². The number of ether oxygens (including phenoxy) is 2. The maximum Gasteiger partial charge on any atom is 0.263 e. The van der Waals surface area contributed by atoms with Gasteiger partial charge in [-0.1, -0.05) is 36.1 Å². The van der Waals surface area contributed by atoms with Crippen LogP contribution in [0.15, 0.2) is 29.2 Å². The summed E-state index contributed by atoms with van der Waals surface area (Å²) >= 11 is 6.20. The molecule has 1 heterocycles. The molecule has 1 N–H and O–H groups in total. The minimum atomic E-state index is -0.143. The van der Waals surface area contributed by atoms with Crippen molar-refractivity contribution in [1.82, 2.24) is 5.32 Å². The maximum absolute atomic E-state index is 11.5. The molecule has 1 saturated heterocycles. The van der Waals surface area contributed by atoms with Crippen LogP contribution in [-0.2, 0) is 9.53 Å². The molecule has 1 fully saturated rings. The Morgan fingerprint density at radius 3 is 2.63 bits per heavy atom. The van der Waals surface area contributed by atoms with Crippen LogP contribution in [-0.4, -0.2) is 30.6 Å². The van der Waals surface area contributed by atoms with Gasteiger partial charge in [0.15, 0.2) is 0 Å². The van der Waals surface area contributed by atoms with Gasteiger partial charge in [-0.25, -0.2) is 0 Å². The van der Waals surface area contributed by atoms with E-state index in [0.717, 1.165) is 11.3 Å². The summed E-state index contributed by atoms with van der Waals surface area (Å²) in [4.78, 5) is 12.1. The smallest absolute Gasteiger partial charge is 0.263 e. The van der Waals surface area contributed by atoms with Crippen LogP contribution in [0.5, 0.6) is 5.75 Å². The Labute approximate surface area is 121 Å². The first-order chi connectivity index (χ1) is 9.19. The minimum Gasteiger partial charge on any atom is -0.491 e. The molecule has 4 nitrogen and oxygen atoms in total. The average molecular weight is 295 g/mol. The number of carbonyl (C=O) groups is 1. The molecule has 1 aliphatic heterocycles. The first-order valence-electron chi connectivity index (χ1n) is 5.65. The summed E-state index contributed by atoms with van der Waals surface area (Å²) in [7, 11) is 1.63. The normalized spacial score (nSPS) is 16.8. The molecule has 19 heavy (non-hydrogen) atoms. The van der Waals surface area contributed by atoms with E-state index in [-0.39, 0.29) is 5.91 Å². The maximum atomic E-state index is 11.5. The molecule has 0 unspecified atom stereocenters. The fraction of sp³-hybridized carbons (Fsp3) is 0.231. The molecule has 2 rings (SSSR count). The highest BCUT2D eigenvalue weighted by molar-refractivity contribution is 8.26. The van der Waals surface area contributed by atoms with Crippen LogP contribution in [0.1, 0.15) is 5.56 Å². The second-order valence-electron chi connectivity index (χ2n) is 3.76. The molecule has 6 heteroatoms. The Bertz CT molecular complexity index is 511. The van der Waals surface area contributed by atoms with Crippen LogP contribution in [0, 0.1) is 0 Å². The number of thiocarbonyl (C=S) groups is 1. The standard InChI is InChI=1S/C13H13NO3S2/c1-16-6-7-17-10-4-2-9(3-5-10)8-11-12(15)14-13(18)19-11/h2-5,8H,6-7H2,1H3,(H,14,15,18)/b11-8-. The van der Waals surface area contributed by atoms with Gasteiger partial charge in [-0.15, -0.1) is 0 Å². The summed E-state index contributed by atoms with van der Waals surface area (Å²) in [5, 5.41) is 2.58. The van der Waals surface area contributed by atoms with Crippen molar-refractivity contribution in [2.24, 2.45) is 0 Å². The molecular weight excluding hydrogens is 282 g/mol. The van der Waals surface area contributed by atoms with Crippen LogP contribution >= 0.6 is 24.0 Å². The third kappa shape index (κ3) is 4.05. The molecule has 0 spiro atoms. The number of amides is 1. The van der Waals surface area contributed by atoms with Gasteiger partial charge in [-0.05, 0) is 23.8 Å². The van der Waals surface area contributed by atoms with E-state index in [4.69, 9.17) is 21.7 Å². The molecular formula is C13H13NO3S2. The molecule has 1 aromatic rings. The van der Waals surface area contributed by atoms with Gasteiger partial charge in [-0.3, -0.25) is 4.79 Å². The Morgan fingerprint density at radius 1 is 1.32 bits per heavy atom. The highest BCUT2D eigenvalue weighted by Crippen LogP contribution is 2.26. The van der Waals surface area contributed by atoms with E-state index >= 15 is 0 Å². The molecule has 100 valence electrons. The molecule has 0 saturated carbocycles. The lowest BCUT2D eigenvalue weighted by Crippen LogP contribution is -2.17. The van der Waals surface area contributed by atoms with E-state index in [1.165, 1.54) is 11.8 Å². The van der Waals surface area contributed by atoms with Gasteiger partial charge in [-0.2, -0.15) is 0 Å². The predicted molar refractivity (Wildman–Crippen MR) is 80.1 cm³/mol. The number of carbonyl (C=O) groups excluding carboxylic acids is 1. The van der Waals surface area contributed by atoms with E-state index < -0.39 is 0 Å². The molecule has 1 aromatic carbocycles. The van der Waals surface area contributed by atoms with Crippen molar-refractivity contribution in [1.29, 1.82) is 0 Å². The Morgan fingerprint density at radius 2 is 2.05 bits per heavy atom. The largest absolute Gasteiger partial charge is 0.491 e. The Balaban J connectivity index is 2.00. The van der Waals surface area contributed by atoms with Crippen molar-refractivity contribution in [3.8, 4) is 5.75 Å². The molecule has 1 amide bonds. The van der Waals surface area contributed by atoms with Gasteiger partial charge in [0.2, 0.25) is 0 Å². The summed E-state index contributed by atoms with van der Waals surface area (Å²) < 4.78 is 10.9. The van der Waals surface area contributed by atoms with E-state index in [1.54, 1.807) is 13.2 Å². The number of hydrogen-bond acceptors (Lipinski definition) is 5. The summed E-state index contributed by atoms with van der Waals surface area (Å²) in [6.45, 7) is 1.07. The molecule has 0 aliphatic carbocycles. The third-order valence-electron chi connectivity index (χ3n) is 2.38. The second kappa shape index (κ2) is 6.70. The van der Waals surface area contributed by atoms with Gasteiger partial charge in [0.05, 0.1) is 11.5 Å². The predicted octanol–water partition coefficient (Wildman–Crippen LogP) is 2.20. The summed E-state index contributed by atoms with van der Waals surface area (Å²) in [5.41, 5.74) is 0.932. The summed E-state index contributed by atoms with van der Waals surface area (Å²) in [5.74, 6) is 0.633. The Hall–Kier alpha value is -1.37. The van der Waals surface area contributed by atoms with Gasteiger partial charge >= 0.3 is 0 Å². The van der Waals surface area contributed by atoms with E-state index in [0.29, 0.717) is 22.4 Å². The van der Waals surface area contributed by atoms with E-state index in [2.05, 4.69) is 5.32 Å². The second-order valence-corrected chi connectivity index (χ2v) is 5.48. The third-order valence-corrected chi connectivity index (χ3v) is 3.54.